The zero-order valence-electron chi connectivity index (χ0n) is 11.2. The maximum atomic E-state index is 11.9. The Kier molecular flexibility index (Phi) is 4.81. The fourth-order valence-corrected chi connectivity index (χ4v) is 4.36. The highest BCUT2D eigenvalue weighted by Crippen LogP contribution is 2.29. The summed E-state index contributed by atoms with van der Waals surface area (Å²) >= 11 is 0. The van der Waals surface area contributed by atoms with Crippen molar-refractivity contribution < 1.29 is 17.9 Å². The first-order chi connectivity index (χ1) is 8.98. The van der Waals surface area contributed by atoms with Crippen LogP contribution in [0.25, 0.3) is 0 Å². The lowest BCUT2D eigenvalue weighted by molar-refractivity contribution is -0.140. The number of sulfonamides is 1. The van der Waals surface area contributed by atoms with E-state index in [1.54, 1.807) is 0 Å². The SMILES string of the molecule is COC(=O)CCCS(=O)(=O)NC1CC2CNC(C2)C1. The molecule has 0 spiro atoms. The zero-order chi connectivity index (χ0) is 13.9. The first-order valence-corrected chi connectivity index (χ1v) is 8.44. The van der Waals surface area contributed by atoms with E-state index < -0.39 is 10.0 Å². The normalized spacial score (nSPS) is 30.3. The van der Waals surface area contributed by atoms with Crippen molar-refractivity contribution in [3.05, 3.63) is 0 Å². The zero-order valence-corrected chi connectivity index (χ0v) is 12.0. The van der Waals surface area contributed by atoms with Crippen molar-refractivity contribution in [2.24, 2.45) is 5.92 Å². The molecule has 6 nitrogen and oxygen atoms in total. The molecular weight excluding hydrogens is 268 g/mol. The van der Waals surface area contributed by atoms with Gasteiger partial charge in [-0.3, -0.25) is 4.79 Å². The standard InChI is InChI=1S/C12H22N2O4S/c1-18-12(15)3-2-4-19(16,17)14-11-6-9-5-10(7-11)13-8-9/h9-11,13-14H,2-8H2,1H3. The van der Waals surface area contributed by atoms with Crippen LogP contribution in [0.5, 0.6) is 0 Å². The van der Waals surface area contributed by atoms with E-state index in [0.29, 0.717) is 18.4 Å². The number of esters is 1. The molecule has 2 N–H and O–H groups in total. The average molecular weight is 290 g/mol. The van der Waals surface area contributed by atoms with Crippen LogP contribution in [-0.2, 0) is 19.6 Å². The molecule has 0 radical (unpaired) electrons. The number of nitrogens with one attached hydrogen (secondary N) is 2. The molecule has 19 heavy (non-hydrogen) atoms. The summed E-state index contributed by atoms with van der Waals surface area (Å²) in [6.07, 6.45) is 3.40. The number of carbonyl (C=O) groups excluding carboxylic acids is 1. The summed E-state index contributed by atoms with van der Waals surface area (Å²) < 4.78 is 31.1. The van der Waals surface area contributed by atoms with Crippen LogP contribution < -0.4 is 10.0 Å². The number of rotatable bonds is 6. The lowest BCUT2D eigenvalue weighted by Gasteiger charge is -2.27. The third-order valence-corrected chi connectivity index (χ3v) is 5.39. The molecule has 2 aliphatic rings. The van der Waals surface area contributed by atoms with E-state index >= 15 is 0 Å². The Balaban J connectivity index is 1.76. The Bertz CT molecular complexity index is 411. The summed E-state index contributed by atoms with van der Waals surface area (Å²) in [7, 11) is -1.98. The van der Waals surface area contributed by atoms with Gasteiger partial charge in [0.1, 0.15) is 0 Å². The average Bonchev–Trinajstić information content (AvgIpc) is 2.67. The molecule has 7 heteroatoms. The van der Waals surface area contributed by atoms with Crippen molar-refractivity contribution in [1.29, 1.82) is 0 Å². The van der Waals surface area contributed by atoms with Gasteiger partial charge in [0.25, 0.3) is 0 Å². The van der Waals surface area contributed by atoms with Gasteiger partial charge in [0.15, 0.2) is 0 Å². The maximum Gasteiger partial charge on any atom is 0.305 e. The first-order valence-electron chi connectivity index (χ1n) is 6.78. The van der Waals surface area contributed by atoms with Crippen LogP contribution in [0, 0.1) is 5.92 Å². The molecular formula is C12H22N2O4S. The molecule has 2 rings (SSSR count). The number of fused-ring (bicyclic) bond motifs is 2. The van der Waals surface area contributed by atoms with Gasteiger partial charge >= 0.3 is 5.97 Å². The quantitative estimate of drug-likeness (QED) is 0.673. The number of hydrogen-bond acceptors (Lipinski definition) is 5. The lowest BCUT2D eigenvalue weighted by Crippen LogP contribution is -2.42. The Morgan fingerprint density at radius 3 is 2.84 bits per heavy atom. The van der Waals surface area contributed by atoms with E-state index in [4.69, 9.17) is 0 Å². The van der Waals surface area contributed by atoms with Crippen LogP contribution in [0.2, 0.25) is 0 Å². The van der Waals surface area contributed by atoms with Gasteiger partial charge in [-0.15, -0.1) is 0 Å². The number of hydrogen-bond donors (Lipinski definition) is 2. The van der Waals surface area contributed by atoms with Crippen molar-refractivity contribution in [3.8, 4) is 0 Å². The van der Waals surface area contributed by atoms with Gasteiger partial charge in [0.05, 0.1) is 12.9 Å². The highest BCUT2D eigenvalue weighted by molar-refractivity contribution is 7.89. The minimum atomic E-state index is -3.29. The number of carbonyl (C=O) groups is 1. The molecule has 3 atom stereocenters. The second-order valence-electron chi connectivity index (χ2n) is 5.49. The molecule has 1 aliphatic heterocycles. The van der Waals surface area contributed by atoms with E-state index in [0.717, 1.165) is 19.4 Å². The third kappa shape index (κ3) is 4.43. The van der Waals surface area contributed by atoms with Crippen molar-refractivity contribution in [2.45, 2.75) is 44.2 Å². The molecule has 1 heterocycles. The Hall–Kier alpha value is -0.660. The number of methoxy groups -OCH3 is 1. The second kappa shape index (κ2) is 6.19. The van der Waals surface area contributed by atoms with Gasteiger partial charge in [-0.1, -0.05) is 0 Å². The fourth-order valence-electron chi connectivity index (χ4n) is 3.02. The van der Waals surface area contributed by atoms with Crippen molar-refractivity contribution in [1.82, 2.24) is 10.0 Å². The fraction of sp³-hybridized carbons (Fsp3) is 0.917. The summed E-state index contributed by atoms with van der Waals surface area (Å²) in [6, 6.07) is 0.503. The molecule has 0 aromatic carbocycles. The summed E-state index contributed by atoms with van der Waals surface area (Å²) in [5, 5.41) is 3.40. The van der Waals surface area contributed by atoms with E-state index in [1.807, 2.05) is 0 Å². The Morgan fingerprint density at radius 1 is 1.37 bits per heavy atom. The molecule has 3 unspecified atom stereocenters. The van der Waals surface area contributed by atoms with Crippen LogP contribution in [0.1, 0.15) is 32.1 Å². The van der Waals surface area contributed by atoms with Crippen LogP contribution in [0.15, 0.2) is 0 Å². The van der Waals surface area contributed by atoms with Crippen LogP contribution >= 0.6 is 0 Å². The van der Waals surface area contributed by atoms with E-state index in [2.05, 4.69) is 14.8 Å². The van der Waals surface area contributed by atoms with Gasteiger partial charge < -0.3 is 10.1 Å². The summed E-state index contributed by atoms with van der Waals surface area (Å²) in [4.78, 5) is 10.9. The van der Waals surface area contributed by atoms with Gasteiger partial charge in [-0.2, -0.15) is 0 Å². The second-order valence-corrected chi connectivity index (χ2v) is 7.37. The number of ether oxygens (including phenoxy) is 1. The van der Waals surface area contributed by atoms with Crippen molar-refractivity contribution >= 4 is 16.0 Å². The van der Waals surface area contributed by atoms with Crippen LogP contribution in [0.3, 0.4) is 0 Å². The summed E-state index contributed by atoms with van der Waals surface area (Å²) in [6.45, 7) is 1.01. The maximum absolute atomic E-state index is 11.9. The molecule has 0 aromatic rings. The smallest absolute Gasteiger partial charge is 0.305 e. The van der Waals surface area contributed by atoms with Crippen LogP contribution in [0.4, 0.5) is 0 Å². The van der Waals surface area contributed by atoms with Gasteiger partial charge in [0, 0.05) is 18.5 Å². The first kappa shape index (κ1) is 14.7. The van der Waals surface area contributed by atoms with E-state index in [-0.39, 0.29) is 24.2 Å². The monoisotopic (exact) mass is 290 g/mol. The minimum absolute atomic E-state index is 0.0125. The predicted molar refractivity (Wildman–Crippen MR) is 71.1 cm³/mol. The highest BCUT2D eigenvalue weighted by atomic mass is 32.2. The molecule has 1 saturated carbocycles. The minimum Gasteiger partial charge on any atom is -0.469 e. The molecule has 0 aromatic heterocycles. The third-order valence-electron chi connectivity index (χ3n) is 3.87. The summed E-state index contributed by atoms with van der Waals surface area (Å²) in [5.74, 6) is 0.220. The molecule has 2 fully saturated rings. The topological polar surface area (TPSA) is 84.5 Å². The van der Waals surface area contributed by atoms with Gasteiger partial charge in [0.2, 0.25) is 10.0 Å². The van der Waals surface area contributed by atoms with Crippen molar-refractivity contribution in [3.63, 3.8) is 0 Å². The Labute approximate surface area is 114 Å². The predicted octanol–water partition coefficient (Wildman–Crippen LogP) is -0.000500. The van der Waals surface area contributed by atoms with E-state index in [1.165, 1.54) is 13.5 Å². The van der Waals surface area contributed by atoms with Crippen molar-refractivity contribution in [2.75, 3.05) is 19.4 Å². The highest BCUT2D eigenvalue weighted by Gasteiger charge is 2.35. The molecule has 1 aliphatic carbocycles. The summed E-state index contributed by atoms with van der Waals surface area (Å²) in [5.41, 5.74) is 0. The molecule has 110 valence electrons. The molecule has 1 saturated heterocycles. The van der Waals surface area contributed by atoms with Crippen LogP contribution in [-0.4, -0.2) is 45.9 Å². The largest absolute Gasteiger partial charge is 0.469 e. The Morgan fingerprint density at radius 2 is 2.16 bits per heavy atom. The lowest BCUT2D eigenvalue weighted by atomic mass is 9.87. The molecule has 2 bridgehead atoms. The van der Waals surface area contributed by atoms with E-state index in [9.17, 15) is 13.2 Å². The van der Waals surface area contributed by atoms with Gasteiger partial charge in [-0.25, -0.2) is 13.1 Å². The van der Waals surface area contributed by atoms with Gasteiger partial charge in [-0.05, 0) is 38.1 Å². The molecule has 0 amide bonds.